The van der Waals surface area contributed by atoms with Crippen molar-refractivity contribution in [2.24, 2.45) is 10.7 Å². The summed E-state index contributed by atoms with van der Waals surface area (Å²) in [5.41, 5.74) is 4.96. The summed E-state index contributed by atoms with van der Waals surface area (Å²) in [4.78, 5) is 3.88. The largest absolute Gasteiger partial charge is 0.493 e. The van der Waals surface area contributed by atoms with Crippen molar-refractivity contribution in [3.63, 3.8) is 0 Å². The van der Waals surface area contributed by atoms with Crippen LogP contribution in [0.25, 0.3) is 0 Å². The zero-order valence-corrected chi connectivity index (χ0v) is 14.0. The van der Waals surface area contributed by atoms with Crippen molar-refractivity contribution in [3.8, 4) is 11.5 Å². The van der Waals surface area contributed by atoms with Gasteiger partial charge >= 0.3 is 6.18 Å². The highest BCUT2D eigenvalue weighted by Crippen LogP contribution is 2.33. The molecule has 0 aliphatic heterocycles. The quantitative estimate of drug-likeness (QED) is 0.477. The van der Waals surface area contributed by atoms with E-state index in [9.17, 15) is 17.6 Å². The first kappa shape index (κ1) is 19.4. The SMILES string of the molecule is COc1ccc(NC(N)=NCc2ccc(F)cc2C(F)(F)F)cc1OC. The van der Waals surface area contributed by atoms with E-state index in [1.807, 2.05) is 0 Å². The van der Waals surface area contributed by atoms with Crippen molar-refractivity contribution in [2.45, 2.75) is 12.7 Å². The second kappa shape index (κ2) is 7.94. The second-order valence-corrected chi connectivity index (χ2v) is 5.20. The Kier molecular flexibility index (Phi) is 5.91. The molecule has 2 aromatic carbocycles. The van der Waals surface area contributed by atoms with E-state index < -0.39 is 17.6 Å². The van der Waals surface area contributed by atoms with Gasteiger partial charge in [0, 0.05) is 11.8 Å². The van der Waals surface area contributed by atoms with E-state index in [4.69, 9.17) is 15.2 Å². The summed E-state index contributed by atoms with van der Waals surface area (Å²) in [6.07, 6.45) is -4.68. The number of alkyl halides is 3. The molecule has 0 fully saturated rings. The van der Waals surface area contributed by atoms with Gasteiger partial charge in [-0.3, -0.25) is 0 Å². The molecule has 26 heavy (non-hydrogen) atoms. The molecule has 140 valence electrons. The molecule has 0 aromatic heterocycles. The summed E-state index contributed by atoms with van der Waals surface area (Å²) in [5, 5.41) is 2.74. The fourth-order valence-electron chi connectivity index (χ4n) is 2.22. The number of anilines is 1. The molecule has 0 atom stereocenters. The Morgan fingerprint density at radius 3 is 2.38 bits per heavy atom. The van der Waals surface area contributed by atoms with Gasteiger partial charge in [-0.05, 0) is 29.8 Å². The highest BCUT2D eigenvalue weighted by atomic mass is 19.4. The average Bonchev–Trinajstić information content (AvgIpc) is 2.59. The van der Waals surface area contributed by atoms with Gasteiger partial charge in [-0.25, -0.2) is 9.38 Å². The van der Waals surface area contributed by atoms with Crippen LogP contribution in [-0.4, -0.2) is 20.2 Å². The molecule has 0 radical (unpaired) electrons. The van der Waals surface area contributed by atoms with E-state index in [0.717, 1.165) is 12.1 Å². The lowest BCUT2D eigenvalue weighted by Gasteiger charge is -2.13. The number of hydrogen-bond acceptors (Lipinski definition) is 3. The summed E-state index contributed by atoms with van der Waals surface area (Å²) in [5.74, 6) is -0.117. The topological polar surface area (TPSA) is 68.9 Å². The number of guanidine groups is 1. The third-order valence-electron chi connectivity index (χ3n) is 3.45. The molecular weight excluding hydrogens is 354 g/mol. The number of nitrogens with one attached hydrogen (secondary N) is 1. The predicted molar refractivity (Wildman–Crippen MR) is 89.9 cm³/mol. The van der Waals surface area contributed by atoms with Gasteiger partial charge < -0.3 is 20.5 Å². The van der Waals surface area contributed by atoms with E-state index in [2.05, 4.69) is 10.3 Å². The molecular formula is C17H17F4N3O2. The maximum absolute atomic E-state index is 13.1. The van der Waals surface area contributed by atoms with Crippen LogP contribution >= 0.6 is 0 Å². The molecule has 0 saturated heterocycles. The van der Waals surface area contributed by atoms with E-state index in [-0.39, 0.29) is 18.1 Å². The van der Waals surface area contributed by atoms with Crippen LogP contribution < -0.4 is 20.5 Å². The first-order valence-electron chi connectivity index (χ1n) is 7.39. The summed E-state index contributed by atoms with van der Waals surface area (Å²) in [6, 6.07) is 7.28. The zero-order valence-electron chi connectivity index (χ0n) is 14.0. The lowest BCUT2D eigenvalue weighted by molar-refractivity contribution is -0.138. The van der Waals surface area contributed by atoms with Crippen LogP contribution in [0.5, 0.6) is 11.5 Å². The monoisotopic (exact) mass is 371 g/mol. The molecule has 0 spiro atoms. The number of aliphatic imine (C=N–C) groups is 1. The molecule has 0 unspecified atom stereocenters. The van der Waals surface area contributed by atoms with Crippen molar-refractivity contribution in [1.82, 2.24) is 0 Å². The molecule has 0 bridgehead atoms. The van der Waals surface area contributed by atoms with Gasteiger partial charge in [-0.1, -0.05) is 6.07 Å². The van der Waals surface area contributed by atoms with Crippen LogP contribution in [0.15, 0.2) is 41.4 Å². The van der Waals surface area contributed by atoms with Crippen LogP contribution in [0.1, 0.15) is 11.1 Å². The Balaban J connectivity index is 2.17. The molecule has 0 aliphatic rings. The van der Waals surface area contributed by atoms with Gasteiger partial charge in [0.05, 0.1) is 26.3 Å². The smallest absolute Gasteiger partial charge is 0.416 e. The normalized spacial score (nSPS) is 12.0. The molecule has 3 N–H and O–H groups in total. The number of ether oxygens (including phenoxy) is 2. The third kappa shape index (κ3) is 4.78. The molecule has 0 heterocycles. The van der Waals surface area contributed by atoms with Gasteiger partial charge in [-0.15, -0.1) is 0 Å². The number of nitrogens with two attached hydrogens (primary N) is 1. The highest BCUT2D eigenvalue weighted by Gasteiger charge is 2.33. The molecule has 0 amide bonds. The van der Waals surface area contributed by atoms with Gasteiger partial charge in [0.25, 0.3) is 0 Å². The van der Waals surface area contributed by atoms with E-state index in [1.165, 1.54) is 14.2 Å². The van der Waals surface area contributed by atoms with Crippen LogP contribution in [-0.2, 0) is 12.7 Å². The van der Waals surface area contributed by atoms with Crippen LogP contribution in [0, 0.1) is 5.82 Å². The van der Waals surface area contributed by atoms with Crippen molar-refractivity contribution < 1.29 is 27.0 Å². The fourth-order valence-corrected chi connectivity index (χ4v) is 2.22. The van der Waals surface area contributed by atoms with Crippen molar-refractivity contribution in [2.75, 3.05) is 19.5 Å². The first-order chi connectivity index (χ1) is 12.2. The number of benzene rings is 2. The van der Waals surface area contributed by atoms with Crippen LogP contribution in [0.2, 0.25) is 0 Å². The summed E-state index contributed by atoms with van der Waals surface area (Å²) >= 11 is 0. The molecule has 0 aliphatic carbocycles. The van der Waals surface area contributed by atoms with Gasteiger partial charge in [0.1, 0.15) is 5.82 Å². The summed E-state index contributed by atoms with van der Waals surface area (Å²) in [7, 11) is 2.95. The standard InChI is InChI=1S/C17H17F4N3O2/c1-25-14-6-5-12(8-15(14)26-2)24-16(22)23-9-10-3-4-11(18)7-13(10)17(19,20)21/h3-8H,9H2,1-2H3,(H3,22,23,24). The predicted octanol–water partition coefficient (Wildman–Crippen LogP) is 3.79. The lowest BCUT2D eigenvalue weighted by Crippen LogP contribution is -2.23. The molecule has 5 nitrogen and oxygen atoms in total. The molecule has 0 saturated carbocycles. The minimum Gasteiger partial charge on any atom is -0.493 e. The zero-order chi connectivity index (χ0) is 19.3. The van der Waals surface area contributed by atoms with Crippen molar-refractivity contribution >= 4 is 11.6 Å². The number of halogens is 4. The fraction of sp³-hybridized carbons (Fsp3) is 0.235. The Morgan fingerprint density at radius 1 is 1.08 bits per heavy atom. The van der Waals surface area contributed by atoms with Gasteiger partial charge in [0.2, 0.25) is 0 Å². The maximum Gasteiger partial charge on any atom is 0.416 e. The Morgan fingerprint density at radius 2 is 1.77 bits per heavy atom. The van der Waals surface area contributed by atoms with E-state index in [1.54, 1.807) is 18.2 Å². The molecule has 9 heteroatoms. The second-order valence-electron chi connectivity index (χ2n) is 5.20. The van der Waals surface area contributed by atoms with E-state index in [0.29, 0.717) is 23.3 Å². The van der Waals surface area contributed by atoms with Crippen LogP contribution in [0.3, 0.4) is 0 Å². The highest BCUT2D eigenvalue weighted by molar-refractivity contribution is 5.92. The van der Waals surface area contributed by atoms with Gasteiger partial charge in [-0.2, -0.15) is 13.2 Å². The lowest BCUT2D eigenvalue weighted by atomic mass is 10.1. The average molecular weight is 371 g/mol. The van der Waals surface area contributed by atoms with Gasteiger partial charge in [0.15, 0.2) is 17.5 Å². The maximum atomic E-state index is 13.1. The molecule has 2 rings (SSSR count). The van der Waals surface area contributed by atoms with Crippen molar-refractivity contribution in [1.29, 1.82) is 0 Å². The molecule has 2 aromatic rings. The van der Waals surface area contributed by atoms with Crippen molar-refractivity contribution in [3.05, 3.63) is 53.3 Å². The number of hydrogen-bond donors (Lipinski definition) is 2. The Bertz CT molecular complexity index is 807. The van der Waals surface area contributed by atoms with E-state index >= 15 is 0 Å². The first-order valence-corrected chi connectivity index (χ1v) is 7.39. The minimum atomic E-state index is -4.68. The Hall–Kier alpha value is -2.97. The van der Waals surface area contributed by atoms with Crippen LogP contribution in [0.4, 0.5) is 23.2 Å². The summed E-state index contributed by atoms with van der Waals surface area (Å²) < 4.78 is 62.3. The minimum absolute atomic E-state index is 0.102. The Labute approximate surface area is 147 Å². The number of nitrogens with zero attached hydrogens (tertiary/aromatic N) is 1. The number of rotatable bonds is 5. The third-order valence-corrected chi connectivity index (χ3v) is 3.45. The number of methoxy groups -OCH3 is 2. The summed E-state index contributed by atoms with van der Waals surface area (Å²) in [6.45, 7) is -0.360.